The number of aromatic nitrogens is 2. The lowest BCUT2D eigenvalue weighted by molar-refractivity contribution is 0.544. The predicted octanol–water partition coefficient (Wildman–Crippen LogP) is 3.43. The number of hydrogen-bond donors (Lipinski definition) is 0. The van der Waals surface area contributed by atoms with E-state index in [-0.39, 0.29) is 0 Å². The average molecular weight is 298 g/mol. The summed E-state index contributed by atoms with van der Waals surface area (Å²) < 4.78 is 0.887. The second-order valence-electron chi connectivity index (χ2n) is 4.85. The van der Waals surface area contributed by atoms with Crippen LogP contribution in [0, 0.1) is 5.92 Å². The van der Waals surface area contributed by atoms with Crippen molar-refractivity contribution in [1.82, 2.24) is 9.97 Å². The van der Waals surface area contributed by atoms with Crippen molar-refractivity contribution in [2.45, 2.75) is 39.0 Å². The van der Waals surface area contributed by atoms with Gasteiger partial charge in [0, 0.05) is 26.1 Å². The summed E-state index contributed by atoms with van der Waals surface area (Å²) >= 11 is 3.46. The number of rotatable bonds is 4. The highest BCUT2D eigenvalue weighted by Gasteiger charge is 2.18. The number of halogens is 1. The molecular weight excluding hydrogens is 278 g/mol. The van der Waals surface area contributed by atoms with Gasteiger partial charge >= 0.3 is 0 Å². The van der Waals surface area contributed by atoms with Crippen molar-refractivity contribution in [2.75, 3.05) is 18.5 Å². The first-order chi connectivity index (χ1) is 8.19. The molecule has 0 unspecified atom stereocenters. The van der Waals surface area contributed by atoms with Crippen molar-refractivity contribution in [3.8, 4) is 0 Å². The molecule has 0 bridgehead atoms. The molecule has 1 aromatic heterocycles. The van der Waals surface area contributed by atoms with Gasteiger partial charge < -0.3 is 4.90 Å². The van der Waals surface area contributed by atoms with E-state index in [4.69, 9.17) is 0 Å². The van der Waals surface area contributed by atoms with Gasteiger partial charge in [0.25, 0.3) is 0 Å². The van der Waals surface area contributed by atoms with Crippen LogP contribution in [0.15, 0.2) is 10.7 Å². The minimum atomic E-state index is 0.846. The van der Waals surface area contributed by atoms with Crippen LogP contribution in [0.4, 0.5) is 5.82 Å². The fraction of sp³-hybridized carbons (Fsp3) is 0.692. The molecule has 2 rings (SSSR count). The Bertz CT molecular complexity index is 375. The Balaban J connectivity index is 2.06. The summed E-state index contributed by atoms with van der Waals surface area (Å²) in [5, 5.41) is 0. The summed E-state index contributed by atoms with van der Waals surface area (Å²) in [7, 11) is 2.13. The Morgan fingerprint density at radius 3 is 2.71 bits per heavy atom. The average Bonchev–Trinajstić information content (AvgIpc) is 2.81. The molecule has 1 aromatic rings. The van der Waals surface area contributed by atoms with Gasteiger partial charge in [0.1, 0.15) is 16.2 Å². The Kier molecular flexibility index (Phi) is 4.37. The molecule has 0 amide bonds. The topological polar surface area (TPSA) is 29.0 Å². The molecule has 0 N–H and O–H groups in total. The third-order valence-corrected chi connectivity index (χ3v) is 3.85. The molecule has 17 heavy (non-hydrogen) atoms. The van der Waals surface area contributed by atoms with Crippen molar-refractivity contribution >= 4 is 21.7 Å². The summed E-state index contributed by atoms with van der Waals surface area (Å²) in [4.78, 5) is 11.2. The number of anilines is 1. The fourth-order valence-electron chi connectivity index (χ4n) is 2.48. The maximum atomic E-state index is 4.58. The van der Waals surface area contributed by atoms with E-state index < -0.39 is 0 Å². The van der Waals surface area contributed by atoms with E-state index in [1.807, 2.05) is 6.07 Å². The van der Waals surface area contributed by atoms with Crippen molar-refractivity contribution in [3.05, 3.63) is 16.5 Å². The first-order valence-electron chi connectivity index (χ1n) is 6.43. The van der Waals surface area contributed by atoms with Crippen LogP contribution in [0.3, 0.4) is 0 Å². The molecule has 0 atom stereocenters. The van der Waals surface area contributed by atoms with Gasteiger partial charge in [-0.2, -0.15) is 0 Å². The van der Waals surface area contributed by atoms with Crippen molar-refractivity contribution < 1.29 is 0 Å². The van der Waals surface area contributed by atoms with Crippen molar-refractivity contribution in [2.24, 2.45) is 5.92 Å². The van der Waals surface area contributed by atoms with Gasteiger partial charge in [-0.25, -0.2) is 9.97 Å². The maximum Gasteiger partial charge on any atom is 0.133 e. The lowest BCUT2D eigenvalue weighted by Crippen LogP contribution is -2.25. The molecule has 94 valence electrons. The zero-order chi connectivity index (χ0) is 12.3. The van der Waals surface area contributed by atoms with E-state index >= 15 is 0 Å². The van der Waals surface area contributed by atoms with E-state index in [0.717, 1.165) is 35.1 Å². The standard InChI is InChI=1S/C13H20BrN3/c1-3-12-15-11(14)8-13(16-12)17(2)9-10-6-4-5-7-10/h8,10H,3-7,9H2,1-2H3. The number of hydrogen-bond acceptors (Lipinski definition) is 3. The van der Waals surface area contributed by atoms with E-state index in [9.17, 15) is 0 Å². The Morgan fingerprint density at radius 2 is 2.06 bits per heavy atom. The monoisotopic (exact) mass is 297 g/mol. The highest BCUT2D eigenvalue weighted by Crippen LogP contribution is 2.26. The molecular formula is C13H20BrN3. The van der Waals surface area contributed by atoms with Crippen LogP contribution in [-0.2, 0) is 6.42 Å². The second kappa shape index (κ2) is 5.80. The van der Waals surface area contributed by atoms with Crippen LogP contribution in [-0.4, -0.2) is 23.6 Å². The van der Waals surface area contributed by atoms with Gasteiger partial charge in [-0.1, -0.05) is 19.8 Å². The first-order valence-corrected chi connectivity index (χ1v) is 7.23. The van der Waals surface area contributed by atoms with Crippen molar-refractivity contribution in [3.63, 3.8) is 0 Å². The highest BCUT2D eigenvalue weighted by molar-refractivity contribution is 9.10. The number of nitrogens with zero attached hydrogens (tertiary/aromatic N) is 3. The third kappa shape index (κ3) is 3.41. The van der Waals surface area contributed by atoms with E-state index in [0.29, 0.717) is 0 Å². The molecule has 0 aromatic carbocycles. The third-order valence-electron chi connectivity index (χ3n) is 3.44. The van der Waals surface area contributed by atoms with Gasteiger partial charge in [0.15, 0.2) is 0 Å². The lowest BCUT2D eigenvalue weighted by Gasteiger charge is -2.22. The Labute approximate surface area is 112 Å². The van der Waals surface area contributed by atoms with Crippen LogP contribution in [0.2, 0.25) is 0 Å². The zero-order valence-corrected chi connectivity index (χ0v) is 12.2. The van der Waals surface area contributed by atoms with Gasteiger partial charge in [0.2, 0.25) is 0 Å². The van der Waals surface area contributed by atoms with Gasteiger partial charge in [-0.15, -0.1) is 0 Å². The summed E-state index contributed by atoms with van der Waals surface area (Å²) in [5.41, 5.74) is 0. The van der Waals surface area contributed by atoms with Gasteiger partial charge in [0.05, 0.1) is 0 Å². The van der Waals surface area contributed by atoms with Crippen molar-refractivity contribution in [1.29, 1.82) is 0 Å². The van der Waals surface area contributed by atoms with Crippen LogP contribution in [0.5, 0.6) is 0 Å². The smallest absolute Gasteiger partial charge is 0.133 e. The second-order valence-corrected chi connectivity index (χ2v) is 5.66. The van der Waals surface area contributed by atoms with Crippen LogP contribution in [0.25, 0.3) is 0 Å². The van der Waals surface area contributed by atoms with E-state index in [1.165, 1.54) is 25.7 Å². The van der Waals surface area contributed by atoms with Crippen LogP contribution < -0.4 is 4.90 Å². The summed E-state index contributed by atoms with van der Waals surface area (Å²) in [5.74, 6) is 2.79. The molecule has 4 heteroatoms. The molecule has 0 aliphatic heterocycles. The van der Waals surface area contributed by atoms with E-state index in [1.54, 1.807) is 0 Å². The molecule has 1 aliphatic carbocycles. The zero-order valence-electron chi connectivity index (χ0n) is 10.6. The molecule has 1 saturated carbocycles. The molecule has 0 radical (unpaired) electrons. The molecule has 0 spiro atoms. The van der Waals surface area contributed by atoms with Crippen LogP contribution in [0.1, 0.15) is 38.4 Å². The summed E-state index contributed by atoms with van der Waals surface area (Å²) in [6.07, 6.45) is 6.41. The molecule has 0 saturated heterocycles. The predicted molar refractivity (Wildman–Crippen MR) is 74.3 cm³/mol. The van der Waals surface area contributed by atoms with Crippen LogP contribution >= 0.6 is 15.9 Å². The minimum Gasteiger partial charge on any atom is -0.359 e. The largest absolute Gasteiger partial charge is 0.359 e. The quantitative estimate of drug-likeness (QED) is 0.797. The minimum absolute atomic E-state index is 0.846. The fourth-order valence-corrected chi connectivity index (χ4v) is 2.89. The summed E-state index contributed by atoms with van der Waals surface area (Å²) in [6.45, 7) is 3.20. The Hall–Kier alpha value is -0.640. The van der Waals surface area contributed by atoms with Gasteiger partial charge in [-0.3, -0.25) is 0 Å². The normalized spacial score (nSPS) is 16.4. The van der Waals surface area contributed by atoms with Gasteiger partial charge in [-0.05, 0) is 34.7 Å². The first kappa shape index (κ1) is 12.8. The molecule has 1 heterocycles. The van der Waals surface area contributed by atoms with E-state index in [2.05, 4.69) is 44.8 Å². The molecule has 1 aliphatic rings. The molecule has 3 nitrogen and oxygen atoms in total. The number of aryl methyl sites for hydroxylation is 1. The highest BCUT2D eigenvalue weighted by atomic mass is 79.9. The maximum absolute atomic E-state index is 4.58. The summed E-state index contributed by atoms with van der Waals surface area (Å²) in [6, 6.07) is 2.01. The molecule has 1 fully saturated rings. The Morgan fingerprint density at radius 1 is 1.35 bits per heavy atom. The SMILES string of the molecule is CCc1nc(Br)cc(N(C)CC2CCCC2)n1. The lowest BCUT2D eigenvalue weighted by atomic mass is 10.1.